The number of hydrogen-bond donors (Lipinski definition) is 2. The Balaban J connectivity index is 1.80. The minimum absolute atomic E-state index is 0.0275. The number of ether oxygens (including phenoxy) is 1. The van der Waals surface area contributed by atoms with Crippen LogP contribution in [0.3, 0.4) is 0 Å². The fourth-order valence-electron chi connectivity index (χ4n) is 2.36. The largest absolute Gasteiger partial charge is 0.494 e. The number of quaternary nitrogens is 1. The Morgan fingerprint density at radius 2 is 1.91 bits per heavy atom. The van der Waals surface area contributed by atoms with E-state index in [1.54, 1.807) is 6.07 Å². The van der Waals surface area contributed by atoms with Gasteiger partial charge in [-0.05, 0) is 23.8 Å². The number of likely N-dealkylation sites (N-methyl/N-ethyl adjacent to an activating group) is 1. The average Bonchev–Trinajstić information content (AvgIpc) is 2.54. The molecular weight excluding hydrogens is 295 g/mol. The predicted octanol–water partition coefficient (Wildman–Crippen LogP) is 1.17. The van der Waals surface area contributed by atoms with Crippen molar-refractivity contribution in [1.29, 1.82) is 0 Å². The van der Waals surface area contributed by atoms with Gasteiger partial charge in [0.2, 0.25) is 0 Å². The topological polar surface area (TPSA) is 42.8 Å². The van der Waals surface area contributed by atoms with Gasteiger partial charge in [-0.1, -0.05) is 30.3 Å². The van der Waals surface area contributed by atoms with Crippen LogP contribution in [0, 0.1) is 5.82 Å². The van der Waals surface area contributed by atoms with Crippen molar-refractivity contribution in [2.24, 2.45) is 0 Å². The summed E-state index contributed by atoms with van der Waals surface area (Å²) >= 11 is 0. The highest BCUT2D eigenvalue weighted by atomic mass is 19.1. The second-order valence-electron chi connectivity index (χ2n) is 5.54. The van der Waals surface area contributed by atoms with E-state index >= 15 is 0 Å². The molecule has 122 valence electrons. The van der Waals surface area contributed by atoms with Crippen LogP contribution in [0.1, 0.15) is 11.1 Å². The minimum Gasteiger partial charge on any atom is -0.494 e. The predicted molar refractivity (Wildman–Crippen MR) is 86.7 cm³/mol. The maximum Gasteiger partial charge on any atom is 0.275 e. The Kier molecular flexibility index (Phi) is 6.11. The first-order chi connectivity index (χ1) is 11.1. The number of amides is 1. The number of carbonyl (C=O) groups is 1. The van der Waals surface area contributed by atoms with Crippen molar-refractivity contribution in [2.45, 2.75) is 13.1 Å². The summed E-state index contributed by atoms with van der Waals surface area (Å²) < 4.78 is 18.6. The fraction of sp³-hybridized carbons (Fsp3) is 0.278. The van der Waals surface area contributed by atoms with Crippen LogP contribution in [0.25, 0.3) is 0 Å². The molecule has 0 aliphatic carbocycles. The van der Waals surface area contributed by atoms with E-state index < -0.39 is 0 Å². The Morgan fingerprint density at radius 3 is 2.57 bits per heavy atom. The smallest absolute Gasteiger partial charge is 0.275 e. The van der Waals surface area contributed by atoms with Crippen molar-refractivity contribution in [3.63, 3.8) is 0 Å². The second kappa shape index (κ2) is 8.29. The molecule has 1 atom stereocenters. The monoisotopic (exact) mass is 317 g/mol. The molecule has 0 saturated carbocycles. The summed E-state index contributed by atoms with van der Waals surface area (Å²) in [5, 5.41) is 2.89. The van der Waals surface area contributed by atoms with Gasteiger partial charge < -0.3 is 15.0 Å². The molecule has 0 aliphatic heterocycles. The highest BCUT2D eigenvalue weighted by Gasteiger charge is 2.12. The van der Waals surface area contributed by atoms with Crippen molar-refractivity contribution in [3.05, 3.63) is 65.5 Å². The summed E-state index contributed by atoms with van der Waals surface area (Å²) in [6.45, 7) is 1.42. The molecule has 0 heterocycles. The lowest BCUT2D eigenvalue weighted by Gasteiger charge is -2.14. The molecule has 23 heavy (non-hydrogen) atoms. The van der Waals surface area contributed by atoms with E-state index in [9.17, 15) is 9.18 Å². The lowest BCUT2D eigenvalue weighted by molar-refractivity contribution is -0.885. The number of carbonyl (C=O) groups excluding carboxylic acids is 1. The standard InChI is InChI=1S/C18H21FN2O2/c1-21(12-15-8-9-17(23-2)16(19)10-15)13-18(22)20-11-14-6-4-3-5-7-14/h3-10H,11-13H2,1-2H3,(H,20,22)/p+1. The summed E-state index contributed by atoms with van der Waals surface area (Å²) in [6, 6.07) is 14.6. The molecule has 0 saturated heterocycles. The summed E-state index contributed by atoms with van der Waals surface area (Å²) in [5.74, 6) is -0.182. The van der Waals surface area contributed by atoms with Gasteiger partial charge in [-0.3, -0.25) is 4.79 Å². The first-order valence-corrected chi connectivity index (χ1v) is 7.53. The van der Waals surface area contributed by atoms with Gasteiger partial charge in [0.05, 0.1) is 14.2 Å². The van der Waals surface area contributed by atoms with E-state index in [1.165, 1.54) is 13.2 Å². The zero-order valence-corrected chi connectivity index (χ0v) is 13.4. The third kappa shape index (κ3) is 5.38. The van der Waals surface area contributed by atoms with Gasteiger partial charge in [-0.15, -0.1) is 0 Å². The molecule has 2 rings (SSSR count). The molecule has 0 aromatic heterocycles. The first-order valence-electron chi connectivity index (χ1n) is 7.53. The lowest BCUT2D eigenvalue weighted by Crippen LogP contribution is -3.08. The molecular formula is C18H22FN2O2+. The van der Waals surface area contributed by atoms with E-state index in [2.05, 4.69) is 5.32 Å². The summed E-state index contributed by atoms with van der Waals surface area (Å²) in [5.41, 5.74) is 1.90. The van der Waals surface area contributed by atoms with Crippen molar-refractivity contribution >= 4 is 5.91 Å². The molecule has 0 radical (unpaired) electrons. The Morgan fingerprint density at radius 1 is 1.17 bits per heavy atom. The van der Waals surface area contributed by atoms with Gasteiger partial charge in [0.1, 0.15) is 6.54 Å². The Labute approximate surface area is 135 Å². The molecule has 2 N–H and O–H groups in total. The molecule has 0 bridgehead atoms. The summed E-state index contributed by atoms with van der Waals surface area (Å²) in [7, 11) is 3.34. The normalized spacial score (nSPS) is 11.8. The highest BCUT2D eigenvalue weighted by molar-refractivity contribution is 5.76. The molecule has 1 unspecified atom stereocenters. The van der Waals surface area contributed by atoms with Gasteiger partial charge in [-0.25, -0.2) is 4.39 Å². The van der Waals surface area contributed by atoms with Gasteiger partial charge >= 0.3 is 0 Å². The lowest BCUT2D eigenvalue weighted by atomic mass is 10.2. The number of halogens is 1. The number of benzene rings is 2. The molecule has 0 aliphatic rings. The van der Waals surface area contributed by atoms with E-state index in [1.807, 2.05) is 43.4 Å². The first kappa shape index (κ1) is 17.0. The van der Waals surface area contributed by atoms with Gasteiger partial charge in [0, 0.05) is 12.1 Å². The molecule has 0 fully saturated rings. The Bertz CT molecular complexity index is 647. The van der Waals surface area contributed by atoms with Crippen molar-refractivity contribution in [3.8, 4) is 5.75 Å². The van der Waals surface area contributed by atoms with Crippen LogP contribution in [-0.2, 0) is 17.9 Å². The van der Waals surface area contributed by atoms with Crippen molar-refractivity contribution in [1.82, 2.24) is 5.32 Å². The van der Waals surface area contributed by atoms with Crippen molar-refractivity contribution < 1.29 is 18.8 Å². The third-order valence-electron chi connectivity index (χ3n) is 3.52. The zero-order valence-electron chi connectivity index (χ0n) is 13.4. The maximum absolute atomic E-state index is 13.7. The fourth-order valence-corrected chi connectivity index (χ4v) is 2.36. The van der Waals surface area contributed by atoms with Crippen LogP contribution in [0.2, 0.25) is 0 Å². The Hall–Kier alpha value is -2.40. The van der Waals surface area contributed by atoms with Gasteiger partial charge in [-0.2, -0.15) is 0 Å². The number of hydrogen-bond acceptors (Lipinski definition) is 2. The van der Waals surface area contributed by atoms with Crippen LogP contribution in [-0.4, -0.2) is 26.6 Å². The van der Waals surface area contributed by atoms with E-state index in [4.69, 9.17) is 4.74 Å². The molecule has 5 heteroatoms. The summed E-state index contributed by atoms with van der Waals surface area (Å²) in [6.07, 6.45) is 0. The number of methoxy groups -OCH3 is 1. The molecule has 2 aromatic rings. The van der Waals surface area contributed by atoms with Gasteiger partial charge in [0.15, 0.2) is 18.1 Å². The highest BCUT2D eigenvalue weighted by Crippen LogP contribution is 2.16. The number of nitrogens with one attached hydrogen (secondary N) is 2. The molecule has 2 aromatic carbocycles. The molecule has 1 amide bonds. The second-order valence-corrected chi connectivity index (χ2v) is 5.54. The zero-order chi connectivity index (χ0) is 16.7. The third-order valence-corrected chi connectivity index (χ3v) is 3.52. The number of rotatable bonds is 7. The van der Waals surface area contributed by atoms with Crippen LogP contribution in [0.15, 0.2) is 48.5 Å². The van der Waals surface area contributed by atoms with E-state index in [0.29, 0.717) is 19.6 Å². The molecule has 0 spiro atoms. The summed E-state index contributed by atoms with van der Waals surface area (Å²) in [4.78, 5) is 12.9. The molecule has 4 nitrogen and oxygen atoms in total. The van der Waals surface area contributed by atoms with Gasteiger partial charge in [0.25, 0.3) is 5.91 Å². The van der Waals surface area contributed by atoms with Crippen LogP contribution in [0.5, 0.6) is 5.75 Å². The van der Waals surface area contributed by atoms with E-state index in [-0.39, 0.29) is 17.5 Å². The quantitative estimate of drug-likeness (QED) is 0.805. The van der Waals surface area contributed by atoms with Crippen LogP contribution in [0.4, 0.5) is 4.39 Å². The van der Waals surface area contributed by atoms with E-state index in [0.717, 1.165) is 16.0 Å². The maximum atomic E-state index is 13.7. The SMILES string of the molecule is COc1ccc(C[NH+](C)CC(=O)NCc2ccccc2)cc1F. The minimum atomic E-state index is -0.383. The average molecular weight is 317 g/mol. The van der Waals surface area contributed by atoms with Crippen LogP contribution >= 0.6 is 0 Å². The van der Waals surface area contributed by atoms with Crippen molar-refractivity contribution in [2.75, 3.05) is 20.7 Å². The van der Waals surface area contributed by atoms with Crippen LogP contribution < -0.4 is 15.0 Å².